The lowest BCUT2D eigenvalue weighted by Gasteiger charge is -2.17. The number of aromatic nitrogens is 2. The number of anilines is 1. The van der Waals surface area contributed by atoms with E-state index in [0.29, 0.717) is 18.4 Å². The number of ether oxygens (including phenoxy) is 1. The van der Waals surface area contributed by atoms with Crippen molar-refractivity contribution in [1.82, 2.24) is 9.78 Å². The van der Waals surface area contributed by atoms with Gasteiger partial charge in [0.05, 0.1) is 5.69 Å². The number of aryl methyl sites for hydroxylation is 1. The van der Waals surface area contributed by atoms with Crippen molar-refractivity contribution in [1.29, 1.82) is 0 Å². The third-order valence-electron chi connectivity index (χ3n) is 3.91. The van der Waals surface area contributed by atoms with Crippen molar-refractivity contribution in [3.63, 3.8) is 0 Å². The first kappa shape index (κ1) is 14.6. The van der Waals surface area contributed by atoms with Gasteiger partial charge < -0.3 is 15.8 Å². The predicted octanol–water partition coefficient (Wildman–Crippen LogP) is 1.92. The average molecular weight is 299 g/mol. The zero-order valence-corrected chi connectivity index (χ0v) is 12.6. The van der Waals surface area contributed by atoms with Gasteiger partial charge in [-0.3, -0.25) is 9.67 Å². The lowest BCUT2D eigenvalue weighted by molar-refractivity contribution is 0.0859. The first-order chi connectivity index (χ1) is 10.7. The minimum absolute atomic E-state index is 0.0424. The van der Waals surface area contributed by atoms with Crippen LogP contribution in [0.25, 0.3) is 0 Å². The van der Waals surface area contributed by atoms with Gasteiger partial charge in [-0.05, 0) is 24.6 Å². The molecule has 0 amide bonds. The second-order valence-electron chi connectivity index (χ2n) is 5.44. The van der Waals surface area contributed by atoms with E-state index in [4.69, 9.17) is 10.5 Å². The number of aliphatic imine (C=N–C) groups is 1. The molecule has 0 aliphatic carbocycles. The van der Waals surface area contributed by atoms with E-state index in [0.717, 1.165) is 24.4 Å². The van der Waals surface area contributed by atoms with Gasteiger partial charge in [0.15, 0.2) is 5.96 Å². The predicted molar refractivity (Wildman–Crippen MR) is 86.6 cm³/mol. The normalized spacial score (nSPS) is 22.0. The Morgan fingerprint density at radius 2 is 2.23 bits per heavy atom. The molecule has 2 aromatic rings. The van der Waals surface area contributed by atoms with Crippen molar-refractivity contribution >= 4 is 11.6 Å². The molecule has 0 bridgehead atoms. The third kappa shape index (κ3) is 3.28. The largest absolute Gasteiger partial charge is 0.372 e. The summed E-state index contributed by atoms with van der Waals surface area (Å²) in [6.07, 6.45) is 2.82. The highest BCUT2D eigenvalue weighted by Gasteiger charge is 2.31. The van der Waals surface area contributed by atoms with Crippen molar-refractivity contribution in [3.05, 3.63) is 48.3 Å². The molecule has 1 aliphatic rings. The third-order valence-corrected chi connectivity index (χ3v) is 3.91. The number of hydrogen-bond acceptors (Lipinski definition) is 3. The molecule has 0 radical (unpaired) electrons. The monoisotopic (exact) mass is 299 g/mol. The van der Waals surface area contributed by atoms with Gasteiger partial charge in [0.2, 0.25) is 0 Å². The molecule has 1 fully saturated rings. The zero-order valence-electron chi connectivity index (χ0n) is 12.6. The van der Waals surface area contributed by atoms with Crippen LogP contribution in [0.15, 0.2) is 47.6 Å². The molecular formula is C16H21N5O. The van der Waals surface area contributed by atoms with Gasteiger partial charge in [0.1, 0.15) is 6.10 Å². The summed E-state index contributed by atoms with van der Waals surface area (Å²) in [4.78, 5) is 4.46. The summed E-state index contributed by atoms with van der Waals surface area (Å²) in [6.45, 7) is 1.39. The van der Waals surface area contributed by atoms with E-state index in [-0.39, 0.29) is 6.10 Å². The first-order valence-corrected chi connectivity index (χ1v) is 7.45. The lowest BCUT2D eigenvalue weighted by atomic mass is 9.99. The van der Waals surface area contributed by atoms with E-state index in [1.54, 1.807) is 6.20 Å². The fourth-order valence-corrected chi connectivity index (χ4v) is 2.74. The molecular weight excluding hydrogens is 278 g/mol. The average Bonchev–Trinajstić information content (AvgIpc) is 3.14. The molecule has 0 spiro atoms. The topological polar surface area (TPSA) is 77.5 Å². The smallest absolute Gasteiger partial charge is 0.193 e. The first-order valence-electron chi connectivity index (χ1n) is 7.45. The number of hydrogen-bond donors (Lipinski definition) is 2. The van der Waals surface area contributed by atoms with Crippen LogP contribution in [-0.2, 0) is 11.8 Å². The molecule has 0 saturated carbocycles. The number of benzene rings is 1. The Labute approximate surface area is 130 Å². The maximum absolute atomic E-state index is 5.96. The van der Waals surface area contributed by atoms with Crippen molar-refractivity contribution in [2.45, 2.75) is 12.5 Å². The molecule has 116 valence electrons. The second-order valence-corrected chi connectivity index (χ2v) is 5.44. The maximum Gasteiger partial charge on any atom is 0.193 e. The van der Waals surface area contributed by atoms with E-state index >= 15 is 0 Å². The summed E-state index contributed by atoms with van der Waals surface area (Å²) in [5, 5.41) is 7.31. The SMILES string of the molecule is Cn1nccc1[C@@H]1OCC[C@H]1CN=C(N)Nc1ccccc1. The van der Waals surface area contributed by atoms with E-state index < -0.39 is 0 Å². The summed E-state index contributed by atoms with van der Waals surface area (Å²) < 4.78 is 7.71. The minimum Gasteiger partial charge on any atom is -0.372 e. The maximum atomic E-state index is 5.96. The van der Waals surface area contributed by atoms with Gasteiger partial charge in [-0.2, -0.15) is 5.10 Å². The van der Waals surface area contributed by atoms with Crippen LogP contribution < -0.4 is 11.1 Å². The summed E-state index contributed by atoms with van der Waals surface area (Å²) in [5.74, 6) is 0.758. The van der Waals surface area contributed by atoms with Gasteiger partial charge in [-0.1, -0.05) is 18.2 Å². The Hall–Kier alpha value is -2.34. The second kappa shape index (κ2) is 6.62. The highest BCUT2D eigenvalue weighted by Crippen LogP contribution is 2.34. The van der Waals surface area contributed by atoms with E-state index in [1.165, 1.54) is 0 Å². The van der Waals surface area contributed by atoms with Crippen LogP contribution in [0.4, 0.5) is 5.69 Å². The van der Waals surface area contributed by atoms with Gasteiger partial charge in [0, 0.05) is 38.0 Å². The van der Waals surface area contributed by atoms with Gasteiger partial charge in [-0.15, -0.1) is 0 Å². The number of rotatable bonds is 4. The molecule has 22 heavy (non-hydrogen) atoms. The van der Waals surface area contributed by atoms with Crippen LogP contribution in [0.3, 0.4) is 0 Å². The fraction of sp³-hybridized carbons (Fsp3) is 0.375. The summed E-state index contributed by atoms with van der Waals surface area (Å²) in [7, 11) is 1.93. The molecule has 6 heteroatoms. The summed E-state index contributed by atoms with van der Waals surface area (Å²) >= 11 is 0. The fourth-order valence-electron chi connectivity index (χ4n) is 2.74. The number of nitrogens with two attached hydrogens (primary N) is 1. The minimum atomic E-state index is 0.0424. The lowest BCUT2D eigenvalue weighted by Crippen LogP contribution is -2.24. The highest BCUT2D eigenvalue weighted by atomic mass is 16.5. The van der Waals surface area contributed by atoms with Gasteiger partial charge in [-0.25, -0.2) is 0 Å². The standard InChI is InChI=1S/C16H21N5O/c1-21-14(7-9-19-21)15-12(8-10-22-15)11-18-16(17)20-13-5-3-2-4-6-13/h2-7,9,12,15H,8,10-11H2,1H3,(H3,17,18,20)/t12-,15+/m0/s1. The molecule has 6 nitrogen and oxygen atoms in total. The van der Waals surface area contributed by atoms with E-state index in [2.05, 4.69) is 15.4 Å². The Kier molecular flexibility index (Phi) is 4.39. The summed E-state index contributed by atoms with van der Waals surface area (Å²) in [5.41, 5.74) is 7.99. The molecule has 1 saturated heterocycles. The van der Waals surface area contributed by atoms with E-state index in [1.807, 2.05) is 48.1 Å². The molecule has 2 atom stereocenters. The van der Waals surface area contributed by atoms with Crippen LogP contribution in [-0.4, -0.2) is 28.9 Å². The number of guanidine groups is 1. The Morgan fingerprint density at radius 3 is 2.95 bits per heavy atom. The van der Waals surface area contributed by atoms with Crippen LogP contribution in [0.5, 0.6) is 0 Å². The number of para-hydroxylation sites is 1. The molecule has 3 N–H and O–H groups in total. The van der Waals surface area contributed by atoms with Crippen molar-refractivity contribution in [2.24, 2.45) is 23.7 Å². The van der Waals surface area contributed by atoms with Crippen molar-refractivity contribution < 1.29 is 4.74 Å². The number of nitrogens with one attached hydrogen (secondary N) is 1. The quantitative estimate of drug-likeness (QED) is 0.668. The van der Waals surface area contributed by atoms with Crippen LogP contribution in [0.1, 0.15) is 18.2 Å². The Balaban J connectivity index is 1.62. The molecule has 3 rings (SSSR count). The highest BCUT2D eigenvalue weighted by molar-refractivity contribution is 5.92. The van der Waals surface area contributed by atoms with Crippen molar-refractivity contribution in [3.8, 4) is 0 Å². The summed E-state index contributed by atoms with van der Waals surface area (Å²) in [6, 6.07) is 11.8. The van der Waals surface area contributed by atoms with Crippen molar-refractivity contribution in [2.75, 3.05) is 18.5 Å². The van der Waals surface area contributed by atoms with Gasteiger partial charge >= 0.3 is 0 Å². The molecule has 0 unspecified atom stereocenters. The Bertz CT molecular complexity index is 637. The van der Waals surface area contributed by atoms with Crippen LogP contribution >= 0.6 is 0 Å². The zero-order chi connectivity index (χ0) is 15.4. The van der Waals surface area contributed by atoms with Gasteiger partial charge in [0.25, 0.3) is 0 Å². The number of nitrogens with zero attached hydrogens (tertiary/aromatic N) is 3. The van der Waals surface area contributed by atoms with Crippen LogP contribution in [0, 0.1) is 5.92 Å². The van der Waals surface area contributed by atoms with E-state index in [9.17, 15) is 0 Å². The molecule has 2 heterocycles. The molecule has 1 aromatic heterocycles. The molecule has 1 aliphatic heterocycles. The molecule has 1 aromatic carbocycles. The van der Waals surface area contributed by atoms with Crippen LogP contribution in [0.2, 0.25) is 0 Å². The Morgan fingerprint density at radius 1 is 1.41 bits per heavy atom.